The molecule has 0 spiro atoms. The van der Waals surface area contributed by atoms with Crippen molar-refractivity contribution < 1.29 is 9.53 Å². The maximum Gasteiger partial charge on any atom is 0.249 e. The van der Waals surface area contributed by atoms with Gasteiger partial charge in [-0.2, -0.15) is 0 Å². The van der Waals surface area contributed by atoms with E-state index in [-0.39, 0.29) is 5.92 Å². The monoisotopic (exact) mass is 435 g/mol. The van der Waals surface area contributed by atoms with Crippen molar-refractivity contribution in [2.24, 2.45) is 5.73 Å². The number of benzene rings is 2. The molecule has 0 aliphatic carbocycles. The predicted octanol–water partition coefficient (Wildman–Crippen LogP) is 5.74. The van der Waals surface area contributed by atoms with Gasteiger partial charge in [0.2, 0.25) is 5.91 Å². The lowest BCUT2D eigenvalue weighted by atomic mass is 9.93. The van der Waals surface area contributed by atoms with Crippen molar-refractivity contribution in [3.05, 3.63) is 82.5 Å². The molecule has 0 radical (unpaired) electrons. The molecule has 1 aliphatic heterocycles. The fraction of sp³-hybridized carbons (Fsp3) is 0.280. The first-order chi connectivity index (χ1) is 14.9. The van der Waals surface area contributed by atoms with Crippen molar-refractivity contribution in [3.63, 3.8) is 0 Å². The van der Waals surface area contributed by atoms with Crippen LogP contribution in [-0.2, 0) is 0 Å². The number of hydrogen-bond acceptors (Lipinski definition) is 4. The molecule has 1 unspecified atom stereocenters. The van der Waals surface area contributed by atoms with Crippen molar-refractivity contribution in [3.8, 4) is 11.5 Å². The van der Waals surface area contributed by atoms with Gasteiger partial charge < -0.3 is 15.4 Å². The topological polar surface area (TPSA) is 68.4 Å². The fourth-order valence-electron chi connectivity index (χ4n) is 4.16. The maximum atomic E-state index is 12.3. The van der Waals surface area contributed by atoms with E-state index in [0.29, 0.717) is 22.3 Å². The van der Waals surface area contributed by atoms with Crippen LogP contribution in [0.15, 0.2) is 60.8 Å². The summed E-state index contributed by atoms with van der Waals surface area (Å²) in [7, 11) is 0. The third kappa shape index (κ3) is 4.52. The molecule has 1 aromatic heterocycles. The maximum absolute atomic E-state index is 12.3. The molecule has 5 nitrogen and oxygen atoms in total. The molecule has 1 saturated heterocycles. The first-order valence-corrected chi connectivity index (χ1v) is 10.9. The Hall–Kier alpha value is -3.05. The molecule has 160 valence electrons. The number of primary amides is 1. The van der Waals surface area contributed by atoms with E-state index in [1.54, 1.807) is 12.3 Å². The first-order valence-electron chi connectivity index (χ1n) is 10.5. The fourth-order valence-corrected chi connectivity index (χ4v) is 4.40. The summed E-state index contributed by atoms with van der Waals surface area (Å²) in [5.41, 5.74) is 8.30. The molecular weight excluding hydrogens is 410 g/mol. The van der Waals surface area contributed by atoms with E-state index in [1.807, 2.05) is 42.5 Å². The Kier molecular flexibility index (Phi) is 6.14. The number of hydrogen-bond donors (Lipinski definition) is 1. The summed E-state index contributed by atoms with van der Waals surface area (Å²) in [4.78, 5) is 18.8. The number of rotatable bonds is 6. The molecule has 4 rings (SSSR count). The Morgan fingerprint density at radius 1 is 1.19 bits per heavy atom. The van der Waals surface area contributed by atoms with Gasteiger partial charge >= 0.3 is 0 Å². The molecule has 2 heterocycles. The van der Waals surface area contributed by atoms with Gasteiger partial charge in [-0.05, 0) is 53.8 Å². The van der Waals surface area contributed by atoms with Gasteiger partial charge in [-0.25, -0.2) is 4.98 Å². The Morgan fingerprint density at radius 3 is 2.74 bits per heavy atom. The van der Waals surface area contributed by atoms with E-state index < -0.39 is 5.91 Å². The quantitative estimate of drug-likeness (QED) is 0.535. The minimum Gasteiger partial charge on any atom is -0.457 e. The lowest BCUT2D eigenvalue weighted by Crippen LogP contribution is -2.22. The summed E-state index contributed by atoms with van der Waals surface area (Å²) in [6, 6.07) is 17.2. The zero-order valence-electron chi connectivity index (χ0n) is 17.7. The number of aromatic nitrogens is 1. The van der Waals surface area contributed by atoms with Crippen molar-refractivity contribution in [2.75, 3.05) is 18.0 Å². The summed E-state index contributed by atoms with van der Waals surface area (Å²) in [6.07, 6.45) is 2.63. The number of carbonyl (C=O) groups excluding carboxylic acids is 1. The highest BCUT2D eigenvalue weighted by Crippen LogP contribution is 2.37. The van der Waals surface area contributed by atoms with Crippen LogP contribution >= 0.6 is 11.6 Å². The largest absolute Gasteiger partial charge is 0.457 e. The van der Waals surface area contributed by atoms with Crippen molar-refractivity contribution in [1.82, 2.24) is 4.98 Å². The van der Waals surface area contributed by atoms with Crippen molar-refractivity contribution >= 4 is 23.3 Å². The highest BCUT2D eigenvalue weighted by molar-refractivity contribution is 6.32. The lowest BCUT2D eigenvalue weighted by Gasteiger charge is -2.20. The van der Waals surface area contributed by atoms with Crippen LogP contribution in [0.1, 0.15) is 53.6 Å². The minimum atomic E-state index is -0.452. The van der Waals surface area contributed by atoms with Crippen LogP contribution in [0.4, 0.5) is 5.82 Å². The second kappa shape index (κ2) is 8.98. The molecule has 2 aromatic carbocycles. The minimum absolute atomic E-state index is 0.164. The van der Waals surface area contributed by atoms with Crippen LogP contribution in [0.5, 0.6) is 11.5 Å². The third-order valence-electron chi connectivity index (χ3n) is 5.73. The van der Waals surface area contributed by atoms with E-state index >= 15 is 0 Å². The van der Waals surface area contributed by atoms with Crippen LogP contribution in [-0.4, -0.2) is 24.0 Å². The van der Waals surface area contributed by atoms with E-state index in [1.165, 1.54) is 0 Å². The Labute approximate surface area is 187 Å². The average Bonchev–Trinajstić information content (AvgIpc) is 3.24. The molecule has 1 amide bonds. The third-order valence-corrected chi connectivity index (χ3v) is 6.02. The highest BCUT2D eigenvalue weighted by Gasteiger charge is 2.29. The zero-order valence-corrected chi connectivity index (χ0v) is 18.5. The zero-order chi connectivity index (χ0) is 22.0. The molecule has 6 heteroatoms. The van der Waals surface area contributed by atoms with Gasteiger partial charge in [0.25, 0.3) is 0 Å². The van der Waals surface area contributed by atoms with Crippen LogP contribution in [0, 0.1) is 0 Å². The lowest BCUT2D eigenvalue weighted by molar-refractivity contribution is 0.0998. The molecule has 1 aliphatic rings. The Bertz CT molecular complexity index is 1100. The molecule has 31 heavy (non-hydrogen) atoms. The van der Waals surface area contributed by atoms with E-state index in [9.17, 15) is 4.79 Å². The normalized spacial score (nSPS) is 16.0. The summed E-state index contributed by atoms with van der Waals surface area (Å²) in [5, 5.41) is 0.630. The number of nitrogens with zero attached hydrogens (tertiary/aromatic N) is 2. The number of ether oxygens (including phenoxy) is 1. The van der Waals surface area contributed by atoms with Gasteiger partial charge in [-0.15, -0.1) is 0 Å². The standard InChI is InChI=1S/C25H26ClN3O2/c1-16(2)19-6-3-4-8-23(19)31-18-9-10-20(21(14-18)24(27)30)17-11-13-29(15-17)25-22(26)7-5-12-28-25/h3-10,12,14,16-17H,11,13,15H2,1-2H3,(H2,27,30). The molecule has 2 N–H and O–H groups in total. The predicted molar refractivity (Wildman–Crippen MR) is 124 cm³/mol. The molecule has 1 fully saturated rings. The SMILES string of the molecule is CC(C)c1ccccc1Oc1ccc(C2CCN(c3ncccc3Cl)C2)c(C(N)=O)c1. The van der Waals surface area contributed by atoms with Crippen LogP contribution in [0.2, 0.25) is 5.02 Å². The van der Waals surface area contributed by atoms with Crippen LogP contribution in [0.25, 0.3) is 0 Å². The first kappa shape index (κ1) is 21.2. The van der Waals surface area contributed by atoms with Crippen molar-refractivity contribution in [1.29, 1.82) is 0 Å². The van der Waals surface area contributed by atoms with Crippen LogP contribution < -0.4 is 15.4 Å². The summed E-state index contributed by atoms with van der Waals surface area (Å²) in [6.45, 7) is 5.80. The summed E-state index contributed by atoms with van der Waals surface area (Å²) >= 11 is 6.32. The van der Waals surface area contributed by atoms with Gasteiger partial charge in [0.05, 0.1) is 5.02 Å². The number of pyridine rings is 1. The van der Waals surface area contributed by atoms with Crippen molar-refractivity contribution in [2.45, 2.75) is 32.1 Å². The number of para-hydroxylation sites is 1. The summed E-state index contributed by atoms with van der Waals surface area (Å²) in [5.74, 6) is 2.21. The van der Waals surface area contributed by atoms with Crippen LogP contribution in [0.3, 0.4) is 0 Å². The molecule has 0 saturated carbocycles. The molecule has 0 bridgehead atoms. The number of halogens is 1. The second-order valence-electron chi connectivity index (χ2n) is 8.15. The molecule has 3 aromatic rings. The highest BCUT2D eigenvalue weighted by atomic mass is 35.5. The average molecular weight is 436 g/mol. The van der Waals surface area contributed by atoms with Gasteiger partial charge in [-0.1, -0.05) is 49.7 Å². The summed E-state index contributed by atoms with van der Waals surface area (Å²) < 4.78 is 6.14. The molecule has 1 atom stereocenters. The number of carbonyl (C=O) groups is 1. The number of amides is 1. The Morgan fingerprint density at radius 2 is 2.00 bits per heavy atom. The smallest absolute Gasteiger partial charge is 0.249 e. The van der Waals surface area contributed by atoms with E-state index in [4.69, 9.17) is 22.1 Å². The van der Waals surface area contributed by atoms with E-state index in [2.05, 4.69) is 29.8 Å². The van der Waals surface area contributed by atoms with Gasteiger partial charge in [0.1, 0.15) is 17.3 Å². The Balaban J connectivity index is 1.59. The number of anilines is 1. The van der Waals surface area contributed by atoms with E-state index in [0.717, 1.165) is 42.2 Å². The molecular formula is C25H26ClN3O2. The van der Waals surface area contributed by atoms with Gasteiger partial charge in [-0.3, -0.25) is 4.79 Å². The van der Waals surface area contributed by atoms with Gasteiger partial charge in [0, 0.05) is 30.8 Å². The second-order valence-corrected chi connectivity index (χ2v) is 8.56. The number of nitrogens with two attached hydrogens (primary N) is 1. The van der Waals surface area contributed by atoms with Gasteiger partial charge in [0.15, 0.2) is 0 Å².